The summed E-state index contributed by atoms with van der Waals surface area (Å²) >= 11 is 0. The predicted octanol–water partition coefficient (Wildman–Crippen LogP) is 3.68. The number of unbranched alkanes of at least 4 members (excludes halogenated alkanes) is 1. The minimum absolute atomic E-state index is 0.0257. The Kier molecular flexibility index (Phi) is 8.28. The van der Waals surface area contributed by atoms with E-state index in [1.165, 1.54) is 33.5 Å². The lowest BCUT2D eigenvalue weighted by Crippen LogP contribution is -2.49. The number of nitrogens with zero attached hydrogens (tertiary/aromatic N) is 2. The minimum atomic E-state index is -4.67. The number of halogens is 3. The third-order valence-electron chi connectivity index (χ3n) is 6.39. The van der Waals surface area contributed by atoms with Crippen LogP contribution in [-0.2, 0) is 30.5 Å². The first-order valence-electron chi connectivity index (χ1n) is 12.3. The molecule has 0 spiro atoms. The van der Waals surface area contributed by atoms with E-state index in [0.29, 0.717) is 24.3 Å². The van der Waals surface area contributed by atoms with Crippen molar-refractivity contribution in [2.75, 3.05) is 48.4 Å². The van der Waals surface area contributed by atoms with Crippen LogP contribution in [0.25, 0.3) is 0 Å². The molecule has 13 heteroatoms. The number of carbonyl (C=O) groups excluding carboxylic acids is 2. The predicted molar refractivity (Wildman–Crippen MR) is 135 cm³/mol. The molecule has 1 unspecified atom stereocenters. The van der Waals surface area contributed by atoms with E-state index in [1.807, 2.05) is 6.92 Å². The topological polar surface area (TPSA) is 108 Å². The number of nitrogens with one attached hydrogen (secondary N) is 2. The Morgan fingerprint density at radius 2 is 1.87 bits per heavy atom. The largest absolute Gasteiger partial charge is 0.418 e. The molecule has 1 atom stereocenters. The Hall–Kier alpha value is -3.16. The van der Waals surface area contributed by atoms with Gasteiger partial charge in [-0.3, -0.25) is 9.59 Å². The first-order chi connectivity index (χ1) is 18.0. The lowest BCUT2D eigenvalue weighted by molar-refractivity contribution is -0.137. The van der Waals surface area contributed by atoms with E-state index >= 15 is 0 Å². The van der Waals surface area contributed by atoms with Crippen LogP contribution in [0.4, 0.5) is 30.2 Å². The Morgan fingerprint density at radius 1 is 1.16 bits per heavy atom. The second-order valence-corrected chi connectivity index (χ2v) is 11.0. The van der Waals surface area contributed by atoms with Crippen molar-refractivity contribution in [2.45, 2.75) is 43.3 Å². The van der Waals surface area contributed by atoms with Gasteiger partial charge in [0.05, 0.1) is 47.2 Å². The van der Waals surface area contributed by atoms with Gasteiger partial charge in [-0.1, -0.05) is 25.5 Å². The molecule has 2 aliphatic rings. The molecular weight excluding hydrogens is 525 g/mol. The summed E-state index contributed by atoms with van der Waals surface area (Å²) in [5.41, 5.74) is -0.577. The molecule has 0 aliphatic carbocycles. The van der Waals surface area contributed by atoms with Crippen LogP contribution in [0.15, 0.2) is 47.4 Å². The van der Waals surface area contributed by atoms with Crippen molar-refractivity contribution in [3.05, 3.63) is 48.0 Å². The molecule has 38 heavy (non-hydrogen) atoms. The van der Waals surface area contributed by atoms with Gasteiger partial charge in [-0.05, 0) is 36.8 Å². The normalized spacial score (nSPS) is 18.6. The van der Waals surface area contributed by atoms with Crippen LogP contribution in [0.5, 0.6) is 0 Å². The molecule has 2 aromatic carbocycles. The Labute approximate surface area is 219 Å². The van der Waals surface area contributed by atoms with Gasteiger partial charge in [-0.15, -0.1) is 0 Å². The van der Waals surface area contributed by atoms with Crippen molar-refractivity contribution in [3.63, 3.8) is 0 Å². The van der Waals surface area contributed by atoms with Gasteiger partial charge in [-0.25, -0.2) is 8.42 Å². The smallest absolute Gasteiger partial charge is 0.379 e. The van der Waals surface area contributed by atoms with Gasteiger partial charge in [0.2, 0.25) is 21.8 Å². The van der Waals surface area contributed by atoms with Crippen LogP contribution in [-0.4, -0.2) is 63.4 Å². The van der Waals surface area contributed by atoms with Crippen molar-refractivity contribution >= 4 is 38.9 Å². The lowest BCUT2D eigenvalue weighted by atomic mass is 10.0. The number of hydrogen-bond donors (Lipinski definition) is 2. The molecule has 0 radical (unpaired) electrons. The fourth-order valence-electron chi connectivity index (χ4n) is 4.43. The highest BCUT2D eigenvalue weighted by Gasteiger charge is 2.37. The van der Waals surface area contributed by atoms with E-state index in [1.54, 1.807) is 6.07 Å². The summed E-state index contributed by atoms with van der Waals surface area (Å²) in [6.07, 6.45) is -3.67. The number of morpholine rings is 1. The second-order valence-electron chi connectivity index (χ2n) is 9.03. The molecule has 9 nitrogen and oxygen atoms in total. The molecule has 2 amide bonds. The molecular formula is C25H29F3N4O5S. The number of hydrogen-bond acceptors (Lipinski definition) is 6. The highest BCUT2D eigenvalue weighted by molar-refractivity contribution is 7.89. The molecule has 0 aromatic heterocycles. The summed E-state index contributed by atoms with van der Waals surface area (Å²) < 4.78 is 72.9. The first-order valence-corrected chi connectivity index (χ1v) is 13.7. The molecule has 1 fully saturated rings. The van der Waals surface area contributed by atoms with Gasteiger partial charge >= 0.3 is 6.18 Å². The number of para-hydroxylation sites is 1. The summed E-state index contributed by atoms with van der Waals surface area (Å²) in [6.45, 7) is 3.31. The molecule has 2 N–H and O–H groups in total. The van der Waals surface area contributed by atoms with Crippen LogP contribution in [0, 0.1) is 0 Å². The maximum absolute atomic E-state index is 13.3. The molecule has 4 rings (SSSR count). The molecule has 2 aromatic rings. The Balaban J connectivity index is 1.59. The number of sulfonamides is 1. The van der Waals surface area contributed by atoms with Gasteiger partial charge in [0.25, 0.3) is 0 Å². The fraction of sp³-hybridized carbons (Fsp3) is 0.440. The molecule has 2 heterocycles. The summed E-state index contributed by atoms with van der Waals surface area (Å²) in [7, 11) is -3.82. The zero-order valence-corrected chi connectivity index (χ0v) is 21.6. The number of fused-ring (bicyclic) bond motifs is 1. The molecule has 1 saturated heterocycles. The van der Waals surface area contributed by atoms with Crippen molar-refractivity contribution in [3.8, 4) is 0 Å². The minimum Gasteiger partial charge on any atom is -0.379 e. The third kappa shape index (κ3) is 5.94. The summed E-state index contributed by atoms with van der Waals surface area (Å²) in [6, 6.07) is 7.91. The van der Waals surface area contributed by atoms with Crippen LogP contribution >= 0.6 is 0 Å². The van der Waals surface area contributed by atoms with Gasteiger partial charge in [-0.2, -0.15) is 17.5 Å². The average Bonchev–Trinajstić information content (AvgIpc) is 2.88. The van der Waals surface area contributed by atoms with E-state index in [4.69, 9.17) is 4.74 Å². The average molecular weight is 555 g/mol. The first kappa shape index (κ1) is 27.9. The number of carbonyl (C=O) groups is 2. The van der Waals surface area contributed by atoms with Gasteiger partial charge in [0.15, 0.2) is 0 Å². The second kappa shape index (κ2) is 11.3. The van der Waals surface area contributed by atoms with E-state index in [-0.39, 0.29) is 31.2 Å². The summed E-state index contributed by atoms with van der Waals surface area (Å²) in [4.78, 5) is 27.6. The fourth-order valence-corrected chi connectivity index (χ4v) is 5.86. The van der Waals surface area contributed by atoms with Gasteiger partial charge in [0.1, 0.15) is 6.04 Å². The van der Waals surface area contributed by atoms with Crippen molar-refractivity contribution in [1.29, 1.82) is 0 Å². The summed E-state index contributed by atoms with van der Waals surface area (Å²) in [5, 5.41) is 5.21. The van der Waals surface area contributed by atoms with Crippen LogP contribution in [0.3, 0.4) is 0 Å². The maximum atomic E-state index is 13.3. The van der Waals surface area contributed by atoms with Crippen LogP contribution < -0.4 is 15.5 Å². The van der Waals surface area contributed by atoms with E-state index in [0.717, 1.165) is 18.6 Å². The van der Waals surface area contributed by atoms with E-state index in [2.05, 4.69) is 10.6 Å². The van der Waals surface area contributed by atoms with Gasteiger partial charge in [0, 0.05) is 19.6 Å². The molecule has 2 aliphatic heterocycles. The Bertz CT molecular complexity index is 1300. The highest BCUT2D eigenvalue weighted by Crippen LogP contribution is 2.37. The number of amides is 2. The number of rotatable bonds is 8. The monoisotopic (exact) mass is 554 g/mol. The highest BCUT2D eigenvalue weighted by atomic mass is 32.2. The number of alkyl halides is 3. The van der Waals surface area contributed by atoms with Crippen molar-refractivity contribution < 1.29 is 35.9 Å². The lowest BCUT2D eigenvalue weighted by Gasteiger charge is -2.36. The SMILES string of the molecule is CCCCN1C(=O)C(CC(=O)Nc2ccccc2C(F)(F)F)Nc2cc(S(=O)(=O)N3CCOCC3)ccc21. The van der Waals surface area contributed by atoms with Crippen molar-refractivity contribution in [1.82, 2.24) is 4.31 Å². The summed E-state index contributed by atoms with van der Waals surface area (Å²) in [5.74, 6) is -1.21. The molecule has 0 bridgehead atoms. The van der Waals surface area contributed by atoms with E-state index in [9.17, 15) is 31.2 Å². The Morgan fingerprint density at radius 3 is 2.55 bits per heavy atom. The van der Waals surface area contributed by atoms with Crippen LogP contribution in [0.2, 0.25) is 0 Å². The standard InChI is InChI=1S/C25H29F3N4O5S/c1-2-3-10-32-22-9-8-17(38(35,36)31-11-13-37-14-12-31)15-20(22)29-21(24(32)34)16-23(33)30-19-7-5-4-6-18(19)25(26,27)28/h4-9,15,21,29H,2-3,10-14,16H2,1H3,(H,30,33). The quantitative estimate of drug-likeness (QED) is 0.516. The number of ether oxygens (including phenoxy) is 1. The van der Waals surface area contributed by atoms with E-state index < -0.39 is 51.7 Å². The zero-order chi connectivity index (χ0) is 27.5. The van der Waals surface area contributed by atoms with Crippen molar-refractivity contribution in [2.24, 2.45) is 0 Å². The maximum Gasteiger partial charge on any atom is 0.418 e. The number of benzene rings is 2. The molecule has 206 valence electrons. The van der Waals surface area contributed by atoms with Crippen LogP contribution in [0.1, 0.15) is 31.7 Å². The van der Waals surface area contributed by atoms with Gasteiger partial charge < -0.3 is 20.3 Å². The zero-order valence-electron chi connectivity index (χ0n) is 20.8. The number of anilines is 3. The third-order valence-corrected chi connectivity index (χ3v) is 8.29. The molecule has 0 saturated carbocycles.